The first-order valence-corrected chi connectivity index (χ1v) is 5.66. The van der Waals surface area contributed by atoms with Crippen molar-refractivity contribution in [2.75, 3.05) is 7.11 Å². The molecule has 0 saturated carbocycles. The SMILES string of the molecule is CCCC(C)Oc1cc(C(=O)O)ccc1OC. The average molecular weight is 238 g/mol. The molecule has 0 radical (unpaired) electrons. The van der Waals surface area contributed by atoms with E-state index >= 15 is 0 Å². The van der Waals surface area contributed by atoms with Gasteiger partial charge in [-0.25, -0.2) is 4.79 Å². The van der Waals surface area contributed by atoms with Crippen molar-refractivity contribution < 1.29 is 19.4 Å². The maximum atomic E-state index is 10.9. The van der Waals surface area contributed by atoms with Crippen LogP contribution >= 0.6 is 0 Å². The fourth-order valence-corrected chi connectivity index (χ4v) is 1.58. The molecule has 4 heteroatoms. The minimum Gasteiger partial charge on any atom is -0.493 e. The lowest BCUT2D eigenvalue weighted by Gasteiger charge is -2.16. The molecule has 1 unspecified atom stereocenters. The highest BCUT2D eigenvalue weighted by Gasteiger charge is 2.12. The van der Waals surface area contributed by atoms with Crippen LogP contribution in [0.25, 0.3) is 0 Å². The summed E-state index contributed by atoms with van der Waals surface area (Å²) in [4.78, 5) is 10.9. The monoisotopic (exact) mass is 238 g/mol. The highest BCUT2D eigenvalue weighted by atomic mass is 16.5. The van der Waals surface area contributed by atoms with Gasteiger partial charge in [-0.15, -0.1) is 0 Å². The normalized spacial score (nSPS) is 11.9. The lowest BCUT2D eigenvalue weighted by Crippen LogP contribution is -2.12. The van der Waals surface area contributed by atoms with Crippen LogP contribution in [0.5, 0.6) is 11.5 Å². The highest BCUT2D eigenvalue weighted by Crippen LogP contribution is 2.29. The Kier molecular flexibility index (Phi) is 4.82. The summed E-state index contributed by atoms with van der Waals surface area (Å²) >= 11 is 0. The van der Waals surface area contributed by atoms with Crippen LogP contribution in [0.1, 0.15) is 37.0 Å². The van der Waals surface area contributed by atoms with Crippen molar-refractivity contribution >= 4 is 5.97 Å². The molecule has 0 saturated heterocycles. The van der Waals surface area contributed by atoms with E-state index in [2.05, 4.69) is 6.92 Å². The van der Waals surface area contributed by atoms with E-state index in [1.54, 1.807) is 6.07 Å². The second-order valence-electron chi connectivity index (χ2n) is 3.89. The number of aromatic carboxylic acids is 1. The van der Waals surface area contributed by atoms with Gasteiger partial charge < -0.3 is 14.6 Å². The summed E-state index contributed by atoms with van der Waals surface area (Å²) in [6.07, 6.45) is 1.97. The second-order valence-corrected chi connectivity index (χ2v) is 3.89. The van der Waals surface area contributed by atoms with Crippen molar-refractivity contribution in [3.8, 4) is 11.5 Å². The van der Waals surface area contributed by atoms with Gasteiger partial charge in [0, 0.05) is 0 Å². The molecule has 0 amide bonds. The molecule has 17 heavy (non-hydrogen) atoms. The highest BCUT2D eigenvalue weighted by molar-refractivity contribution is 5.88. The van der Waals surface area contributed by atoms with E-state index in [0.717, 1.165) is 12.8 Å². The van der Waals surface area contributed by atoms with Crippen molar-refractivity contribution in [1.82, 2.24) is 0 Å². The molecule has 0 heterocycles. The third-order valence-corrected chi connectivity index (χ3v) is 2.43. The minimum absolute atomic E-state index is 0.0398. The first kappa shape index (κ1) is 13.4. The predicted octanol–water partition coefficient (Wildman–Crippen LogP) is 2.96. The van der Waals surface area contributed by atoms with E-state index in [1.807, 2.05) is 6.92 Å². The third-order valence-electron chi connectivity index (χ3n) is 2.43. The van der Waals surface area contributed by atoms with Gasteiger partial charge in [0.05, 0.1) is 18.8 Å². The van der Waals surface area contributed by atoms with Crippen LogP contribution in [-0.4, -0.2) is 24.3 Å². The Labute approximate surface area is 101 Å². The molecule has 1 aromatic rings. The van der Waals surface area contributed by atoms with E-state index in [-0.39, 0.29) is 11.7 Å². The Morgan fingerprint density at radius 3 is 2.65 bits per heavy atom. The zero-order chi connectivity index (χ0) is 12.8. The predicted molar refractivity (Wildman–Crippen MR) is 65.0 cm³/mol. The Morgan fingerprint density at radius 2 is 2.12 bits per heavy atom. The average Bonchev–Trinajstić information content (AvgIpc) is 2.29. The van der Waals surface area contributed by atoms with Crippen LogP contribution in [0.15, 0.2) is 18.2 Å². The number of rotatable bonds is 6. The molecule has 0 aromatic heterocycles. The van der Waals surface area contributed by atoms with Crippen LogP contribution in [0, 0.1) is 0 Å². The molecule has 0 bridgehead atoms. The summed E-state index contributed by atoms with van der Waals surface area (Å²) < 4.78 is 10.8. The third kappa shape index (κ3) is 3.66. The Morgan fingerprint density at radius 1 is 1.41 bits per heavy atom. The second kappa shape index (κ2) is 6.13. The number of benzene rings is 1. The number of ether oxygens (including phenoxy) is 2. The number of methoxy groups -OCH3 is 1. The quantitative estimate of drug-likeness (QED) is 0.827. The largest absolute Gasteiger partial charge is 0.493 e. The van der Waals surface area contributed by atoms with E-state index in [0.29, 0.717) is 11.5 Å². The van der Waals surface area contributed by atoms with Gasteiger partial charge in [0.15, 0.2) is 11.5 Å². The van der Waals surface area contributed by atoms with Gasteiger partial charge in [-0.05, 0) is 31.5 Å². The smallest absolute Gasteiger partial charge is 0.335 e. The van der Waals surface area contributed by atoms with Gasteiger partial charge in [0.1, 0.15) is 0 Å². The fourth-order valence-electron chi connectivity index (χ4n) is 1.58. The van der Waals surface area contributed by atoms with E-state index in [4.69, 9.17) is 14.6 Å². The van der Waals surface area contributed by atoms with Gasteiger partial charge in [-0.2, -0.15) is 0 Å². The van der Waals surface area contributed by atoms with E-state index in [9.17, 15) is 4.79 Å². The van der Waals surface area contributed by atoms with Crippen LogP contribution in [0.3, 0.4) is 0 Å². The van der Waals surface area contributed by atoms with Crippen molar-refractivity contribution in [2.24, 2.45) is 0 Å². The molecular formula is C13H18O4. The van der Waals surface area contributed by atoms with Gasteiger partial charge in [0.2, 0.25) is 0 Å². The van der Waals surface area contributed by atoms with Crippen molar-refractivity contribution in [3.05, 3.63) is 23.8 Å². The van der Waals surface area contributed by atoms with E-state index in [1.165, 1.54) is 19.2 Å². The summed E-state index contributed by atoms with van der Waals surface area (Å²) in [5.74, 6) is 0.0620. The lowest BCUT2D eigenvalue weighted by atomic mass is 10.2. The molecule has 4 nitrogen and oxygen atoms in total. The Hall–Kier alpha value is -1.71. The molecule has 1 atom stereocenters. The van der Waals surface area contributed by atoms with Gasteiger partial charge in [-0.1, -0.05) is 13.3 Å². The molecule has 0 aliphatic rings. The first-order valence-electron chi connectivity index (χ1n) is 5.66. The zero-order valence-electron chi connectivity index (χ0n) is 10.4. The van der Waals surface area contributed by atoms with Crippen molar-refractivity contribution in [1.29, 1.82) is 0 Å². The molecule has 0 fully saturated rings. The lowest BCUT2D eigenvalue weighted by molar-refractivity contribution is 0.0696. The number of hydrogen-bond acceptors (Lipinski definition) is 3. The molecule has 0 spiro atoms. The molecule has 1 N–H and O–H groups in total. The zero-order valence-corrected chi connectivity index (χ0v) is 10.4. The van der Waals surface area contributed by atoms with Crippen molar-refractivity contribution in [3.63, 3.8) is 0 Å². The van der Waals surface area contributed by atoms with Crippen LogP contribution in [0.4, 0.5) is 0 Å². The van der Waals surface area contributed by atoms with Crippen LogP contribution in [0.2, 0.25) is 0 Å². The van der Waals surface area contributed by atoms with Gasteiger partial charge in [0.25, 0.3) is 0 Å². The Bertz CT molecular complexity index is 387. The summed E-state index contributed by atoms with van der Waals surface area (Å²) in [5, 5.41) is 8.91. The number of carboxylic acid groups (broad SMARTS) is 1. The standard InChI is InChI=1S/C13H18O4/c1-4-5-9(2)17-12-8-10(13(14)15)6-7-11(12)16-3/h6-9H,4-5H2,1-3H3,(H,14,15). The van der Waals surface area contributed by atoms with E-state index < -0.39 is 5.97 Å². The molecule has 1 rings (SSSR count). The first-order chi connectivity index (χ1) is 8.08. The topological polar surface area (TPSA) is 55.8 Å². The Balaban J connectivity index is 2.93. The van der Waals surface area contributed by atoms with Gasteiger partial charge in [-0.3, -0.25) is 0 Å². The van der Waals surface area contributed by atoms with Crippen LogP contribution < -0.4 is 9.47 Å². The number of hydrogen-bond donors (Lipinski definition) is 1. The maximum Gasteiger partial charge on any atom is 0.335 e. The molecule has 0 aliphatic carbocycles. The fraction of sp³-hybridized carbons (Fsp3) is 0.462. The minimum atomic E-state index is -0.972. The molecular weight excluding hydrogens is 220 g/mol. The summed E-state index contributed by atoms with van der Waals surface area (Å²) in [6, 6.07) is 4.60. The maximum absolute atomic E-state index is 10.9. The van der Waals surface area contributed by atoms with Crippen molar-refractivity contribution in [2.45, 2.75) is 32.8 Å². The summed E-state index contributed by atoms with van der Waals surface area (Å²) in [5.41, 5.74) is 0.199. The van der Waals surface area contributed by atoms with Crippen LogP contribution in [-0.2, 0) is 0 Å². The molecule has 1 aromatic carbocycles. The molecule has 0 aliphatic heterocycles. The van der Waals surface area contributed by atoms with Gasteiger partial charge >= 0.3 is 5.97 Å². The summed E-state index contributed by atoms with van der Waals surface area (Å²) in [7, 11) is 1.53. The summed E-state index contributed by atoms with van der Waals surface area (Å²) in [6.45, 7) is 4.03. The number of carboxylic acids is 1. The number of carbonyl (C=O) groups is 1. The molecule has 94 valence electrons.